The van der Waals surface area contributed by atoms with Gasteiger partial charge in [-0.1, -0.05) is 11.6 Å². The third-order valence-electron chi connectivity index (χ3n) is 5.81. The summed E-state index contributed by atoms with van der Waals surface area (Å²) in [5.41, 5.74) is 1.76. The first-order chi connectivity index (χ1) is 13.8. The number of ketones is 1. The Morgan fingerprint density at radius 3 is 2.52 bits per heavy atom. The Morgan fingerprint density at radius 2 is 1.93 bits per heavy atom. The van der Waals surface area contributed by atoms with E-state index >= 15 is 0 Å². The molecule has 1 saturated heterocycles. The highest BCUT2D eigenvalue weighted by Gasteiger charge is 2.43. The van der Waals surface area contributed by atoms with Gasteiger partial charge in [0.05, 0.1) is 12.7 Å². The highest BCUT2D eigenvalue weighted by molar-refractivity contribution is 6.30. The molecule has 4 rings (SSSR count). The van der Waals surface area contributed by atoms with E-state index in [1.807, 2.05) is 0 Å². The van der Waals surface area contributed by atoms with Gasteiger partial charge in [-0.2, -0.15) is 9.78 Å². The van der Waals surface area contributed by atoms with Crippen molar-refractivity contribution in [3.63, 3.8) is 0 Å². The summed E-state index contributed by atoms with van der Waals surface area (Å²) in [6.45, 7) is 4.86. The van der Waals surface area contributed by atoms with E-state index in [4.69, 9.17) is 16.3 Å². The lowest BCUT2D eigenvalue weighted by Crippen LogP contribution is -2.34. The van der Waals surface area contributed by atoms with Gasteiger partial charge in [-0.25, -0.2) is 9.18 Å². The van der Waals surface area contributed by atoms with Crippen LogP contribution in [-0.4, -0.2) is 45.7 Å². The summed E-state index contributed by atoms with van der Waals surface area (Å²) >= 11 is 5.89. The van der Waals surface area contributed by atoms with Crippen LogP contribution in [0.25, 0.3) is 0 Å². The molecule has 29 heavy (non-hydrogen) atoms. The normalized spacial score (nSPS) is 23.4. The molecular formula is C21H23ClFN3O3. The summed E-state index contributed by atoms with van der Waals surface area (Å²) in [5, 5.41) is 4.51. The third-order valence-corrected chi connectivity index (χ3v) is 6.03. The van der Waals surface area contributed by atoms with E-state index in [0.29, 0.717) is 47.8 Å². The fourth-order valence-corrected chi connectivity index (χ4v) is 4.74. The maximum absolute atomic E-state index is 13.4. The van der Waals surface area contributed by atoms with E-state index in [2.05, 4.69) is 5.10 Å². The zero-order chi connectivity index (χ0) is 20.7. The number of ether oxygens (including phenoxy) is 1. The predicted molar refractivity (Wildman–Crippen MR) is 106 cm³/mol. The van der Waals surface area contributed by atoms with E-state index in [0.717, 1.165) is 18.4 Å². The second-order valence-corrected chi connectivity index (χ2v) is 8.49. The number of aryl methyl sites for hydroxylation is 1. The van der Waals surface area contributed by atoms with E-state index in [-0.39, 0.29) is 23.7 Å². The minimum absolute atomic E-state index is 0.0977. The van der Waals surface area contributed by atoms with Gasteiger partial charge in [0.25, 0.3) is 0 Å². The molecular weight excluding hydrogens is 397 g/mol. The topological polar surface area (TPSA) is 64.4 Å². The highest BCUT2D eigenvalue weighted by Crippen LogP contribution is 2.40. The lowest BCUT2D eigenvalue weighted by Gasteiger charge is -2.19. The smallest absolute Gasteiger partial charge is 0.344 e. The van der Waals surface area contributed by atoms with Crippen LogP contribution >= 0.6 is 11.6 Å². The van der Waals surface area contributed by atoms with Crippen molar-refractivity contribution in [2.45, 2.75) is 39.4 Å². The monoisotopic (exact) mass is 419 g/mol. The van der Waals surface area contributed by atoms with Gasteiger partial charge in [0.15, 0.2) is 5.78 Å². The molecule has 2 aromatic rings. The molecule has 154 valence electrons. The lowest BCUT2D eigenvalue weighted by atomic mass is 10.0. The predicted octanol–water partition coefficient (Wildman–Crippen LogP) is 4.08. The van der Waals surface area contributed by atoms with Crippen LogP contribution in [0.4, 0.5) is 9.18 Å². The third kappa shape index (κ3) is 4.21. The van der Waals surface area contributed by atoms with Gasteiger partial charge < -0.3 is 9.64 Å². The number of Topliss-reactive ketones (excluding diaryl/α,β-unsaturated/α-hetero) is 1. The number of halogens is 2. The SMILES string of the molecule is CC(=O)c1nn(C(=O)N2C[C@H]3CC(OCc4cc(F)cc(Cl)c4)C[C@H]3C2)cc1C. The molecule has 8 heteroatoms. The molecule has 2 aliphatic rings. The Morgan fingerprint density at radius 1 is 1.24 bits per heavy atom. The first-order valence-electron chi connectivity index (χ1n) is 9.73. The summed E-state index contributed by atoms with van der Waals surface area (Å²) in [4.78, 5) is 26.1. The van der Waals surface area contributed by atoms with Gasteiger partial charge in [0.2, 0.25) is 0 Å². The average molecular weight is 420 g/mol. The second-order valence-electron chi connectivity index (χ2n) is 8.05. The standard InChI is InChI=1S/C21H23ClFN3O3/c1-12-8-26(24-20(12)13(2)27)21(28)25-9-15-5-19(6-16(15)10-25)29-11-14-3-17(22)7-18(23)4-14/h3-4,7-8,15-16,19H,5-6,9-11H2,1-2H3/t15-,16+,19?. The summed E-state index contributed by atoms with van der Waals surface area (Å²) in [6.07, 6.45) is 3.45. The molecule has 1 aliphatic carbocycles. The van der Waals surface area contributed by atoms with Crippen LogP contribution < -0.4 is 0 Å². The molecule has 2 heterocycles. The first-order valence-corrected chi connectivity index (χ1v) is 10.1. The van der Waals surface area contributed by atoms with Gasteiger partial charge in [-0.05, 0) is 60.9 Å². The molecule has 2 fully saturated rings. The number of likely N-dealkylation sites (tertiary alicyclic amines) is 1. The zero-order valence-corrected chi connectivity index (χ0v) is 17.2. The van der Waals surface area contributed by atoms with Crippen LogP contribution in [0.15, 0.2) is 24.4 Å². The molecule has 0 radical (unpaired) electrons. The van der Waals surface area contributed by atoms with E-state index in [1.165, 1.54) is 23.7 Å². The van der Waals surface area contributed by atoms with Gasteiger partial charge in [-0.15, -0.1) is 0 Å². The summed E-state index contributed by atoms with van der Waals surface area (Å²) < 4.78 is 20.7. The van der Waals surface area contributed by atoms with Crippen molar-refractivity contribution in [3.8, 4) is 0 Å². The second kappa shape index (κ2) is 7.88. The van der Waals surface area contributed by atoms with E-state index in [1.54, 1.807) is 24.1 Å². The Hall–Kier alpha value is -2.25. The largest absolute Gasteiger partial charge is 0.374 e. The summed E-state index contributed by atoms with van der Waals surface area (Å²) in [6, 6.07) is 4.23. The molecule has 0 N–H and O–H groups in total. The average Bonchev–Trinajstić information content (AvgIpc) is 3.31. The Kier molecular flexibility index (Phi) is 5.44. The quantitative estimate of drug-likeness (QED) is 0.700. The molecule has 1 aliphatic heterocycles. The Balaban J connectivity index is 1.32. The number of rotatable bonds is 4. The maximum atomic E-state index is 13.4. The van der Waals surface area contributed by atoms with E-state index < -0.39 is 0 Å². The van der Waals surface area contributed by atoms with Gasteiger partial charge in [-0.3, -0.25) is 4.79 Å². The zero-order valence-electron chi connectivity index (χ0n) is 16.4. The van der Waals surface area contributed by atoms with E-state index in [9.17, 15) is 14.0 Å². The van der Waals surface area contributed by atoms with Crippen LogP contribution in [-0.2, 0) is 11.3 Å². The van der Waals surface area contributed by atoms with Crippen molar-refractivity contribution >= 4 is 23.4 Å². The number of carbonyl (C=O) groups is 2. The fraction of sp³-hybridized carbons (Fsp3) is 0.476. The van der Waals surface area contributed by atoms with Gasteiger partial charge >= 0.3 is 6.03 Å². The number of hydrogen-bond donors (Lipinski definition) is 0. The maximum Gasteiger partial charge on any atom is 0.344 e. The number of fused-ring (bicyclic) bond motifs is 1. The van der Waals surface area contributed by atoms with Crippen molar-refractivity contribution in [2.24, 2.45) is 11.8 Å². The van der Waals surface area contributed by atoms with Crippen LogP contribution in [0.5, 0.6) is 0 Å². The molecule has 0 spiro atoms. The Labute approximate surface area is 173 Å². The van der Waals surface area contributed by atoms with Crippen molar-refractivity contribution in [1.82, 2.24) is 14.7 Å². The van der Waals surface area contributed by atoms with Crippen LogP contribution in [0.3, 0.4) is 0 Å². The highest BCUT2D eigenvalue weighted by atomic mass is 35.5. The molecule has 3 atom stereocenters. The molecule has 1 saturated carbocycles. The number of carbonyl (C=O) groups excluding carboxylic acids is 2. The molecule has 1 unspecified atom stereocenters. The molecule has 1 aromatic carbocycles. The first kappa shape index (κ1) is 20.0. The summed E-state index contributed by atoms with van der Waals surface area (Å²) in [5.74, 6) is 0.246. The van der Waals surface area contributed by atoms with Crippen LogP contribution in [0.2, 0.25) is 5.02 Å². The minimum Gasteiger partial charge on any atom is -0.374 e. The molecule has 0 bridgehead atoms. The van der Waals surface area contributed by atoms with Gasteiger partial charge in [0.1, 0.15) is 11.5 Å². The van der Waals surface area contributed by atoms with Crippen LogP contribution in [0, 0.1) is 24.6 Å². The van der Waals surface area contributed by atoms with Crippen molar-refractivity contribution in [3.05, 3.63) is 52.1 Å². The van der Waals surface area contributed by atoms with Crippen molar-refractivity contribution in [2.75, 3.05) is 13.1 Å². The Bertz CT molecular complexity index is 926. The number of benzene rings is 1. The number of nitrogens with zero attached hydrogens (tertiary/aromatic N) is 3. The number of aromatic nitrogens is 2. The van der Waals surface area contributed by atoms with Crippen molar-refractivity contribution < 1.29 is 18.7 Å². The molecule has 1 aromatic heterocycles. The number of hydrogen-bond acceptors (Lipinski definition) is 4. The summed E-state index contributed by atoms with van der Waals surface area (Å²) in [7, 11) is 0. The van der Waals surface area contributed by atoms with Crippen LogP contribution in [0.1, 0.15) is 41.4 Å². The number of amides is 1. The fourth-order valence-electron chi connectivity index (χ4n) is 4.50. The lowest BCUT2D eigenvalue weighted by molar-refractivity contribution is 0.0382. The molecule has 6 nitrogen and oxygen atoms in total. The van der Waals surface area contributed by atoms with Gasteiger partial charge in [0, 0.05) is 31.2 Å². The minimum atomic E-state index is -0.365. The molecule has 1 amide bonds. The van der Waals surface area contributed by atoms with Crippen molar-refractivity contribution in [1.29, 1.82) is 0 Å².